The predicted molar refractivity (Wildman–Crippen MR) is 68.7 cm³/mol. The molecule has 1 saturated heterocycles. The normalized spacial score (nSPS) is 23.6. The van der Waals surface area contributed by atoms with E-state index in [1.54, 1.807) is 32.5 Å². The van der Waals surface area contributed by atoms with Crippen molar-refractivity contribution in [3.8, 4) is 0 Å². The van der Waals surface area contributed by atoms with E-state index < -0.39 is 26.8 Å². The van der Waals surface area contributed by atoms with E-state index in [1.807, 2.05) is 0 Å². The molecule has 0 bridgehead atoms. The standard InChI is InChI=1S/C10H19NO4S2/c1-10(2,3)17(14,15)11-4-5-16-7-8(11)6-9(12)13/h8H,4-7H2,1-3H3,(H,12,13). The molecule has 0 aromatic rings. The number of carbonyl (C=O) groups is 1. The van der Waals surface area contributed by atoms with E-state index in [0.717, 1.165) is 5.75 Å². The van der Waals surface area contributed by atoms with Gasteiger partial charge in [0.2, 0.25) is 10.0 Å². The van der Waals surface area contributed by atoms with Crippen molar-refractivity contribution in [2.45, 2.75) is 38.0 Å². The third-order valence-corrected chi connectivity index (χ3v) is 6.40. The summed E-state index contributed by atoms with van der Waals surface area (Å²) in [6, 6.07) is -0.421. The second-order valence-corrected chi connectivity index (χ2v) is 8.85. The smallest absolute Gasteiger partial charge is 0.305 e. The lowest BCUT2D eigenvalue weighted by Gasteiger charge is -2.37. The van der Waals surface area contributed by atoms with Gasteiger partial charge in [0.15, 0.2) is 0 Å². The summed E-state index contributed by atoms with van der Waals surface area (Å²) < 4.78 is 25.1. The van der Waals surface area contributed by atoms with Crippen molar-refractivity contribution in [2.24, 2.45) is 0 Å². The Labute approximate surface area is 107 Å². The van der Waals surface area contributed by atoms with Gasteiger partial charge in [-0.25, -0.2) is 8.42 Å². The number of carboxylic acids is 1. The van der Waals surface area contributed by atoms with Gasteiger partial charge >= 0.3 is 5.97 Å². The summed E-state index contributed by atoms with van der Waals surface area (Å²) in [5.74, 6) is 0.333. The van der Waals surface area contributed by atoms with Crippen LogP contribution in [0.1, 0.15) is 27.2 Å². The molecular weight excluding hydrogens is 262 g/mol. The van der Waals surface area contributed by atoms with E-state index in [4.69, 9.17) is 5.11 Å². The molecule has 0 aromatic heterocycles. The van der Waals surface area contributed by atoms with Crippen molar-refractivity contribution in [3.63, 3.8) is 0 Å². The zero-order valence-electron chi connectivity index (χ0n) is 10.3. The Morgan fingerprint density at radius 3 is 2.53 bits per heavy atom. The maximum atomic E-state index is 12.3. The zero-order valence-corrected chi connectivity index (χ0v) is 12.0. The van der Waals surface area contributed by atoms with Gasteiger partial charge in [0, 0.05) is 24.1 Å². The number of hydrogen-bond acceptors (Lipinski definition) is 4. The lowest BCUT2D eigenvalue weighted by Crippen LogP contribution is -2.52. The largest absolute Gasteiger partial charge is 0.481 e. The molecule has 0 saturated carbocycles. The summed E-state index contributed by atoms with van der Waals surface area (Å²) in [6.45, 7) is 5.33. The van der Waals surface area contributed by atoms with E-state index >= 15 is 0 Å². The van der Waals surface area contributed by atoms with Crippen molar-refractivity contribution in [1.82, 2.24) is 4.31 Å². The van der Waals surface area contributed by atoms with Crippen molar-refractivity contribution in [3.05, 3.63) is 0 Å². The molecule has 1 fully saturated rings. The number of nitrogens with zero attached hydrogens (tertiary/aromatic N) is 1. The summed E-state index contributed by atoms with van der Waals surface area (Å²) in [7, 11) is -3.44. The van der Waals surface area contributed by atoms with E-state index in [1.165, 1.54) is 4.31 Å². The molecule has 7 heteroatoms. The Morgan fingerprint density at radius 2 is 2.06 bits per heavy atom. The molecule has 0 aliphatic carbocycles. The molecule has 0 aromatic carbocycles. The van der Waals surface area contributed by atoms with E-state index in [-0.39, 0.29) is 6.42 Å². The number of thioether (sulfide) groups is 1. The van der Waals surface area contributed by atoms with E-state index in [9.17, 15) is 13.2 Å². The highest BCUT2D eigenvalue weighted by molar-refractivity contribution is 7.99. The fourth-order valence-electron chi connectivity index (χ4n) is 1.67. The van der Waals surface area contributed by atoms with Crippen LogP contribution in [0.5, 0.6) is 0 Å². The molecular formula is C10H19NO4S2. The number of aliphatic carboxylic acids is 1. The SMILES string of the molecule is CC(C)(C)S(=O)(=O)N1CCSCC1CC(=O)O. The Hall–Kier alpha value is -0.270. The number of sulfonamides is 1. The zero-order chi connectivity index (χ0) is 13.3. The fourth-order valence-corrected chi connectivity index (χ4v) is 4.52. The van der Waals surface area contributed by atoms with Gasteiger partial charge in [0.05, 0.1) is 11.2 Å². The maximum absolute atomic E-state index is 12.3. The highest BCUT2D eigenvalue weighted by Crippen LogP contribution is 2.28. The Bertz CT molecular complexity index is 386. The molecule has 1 rings (SSSR count). The molecule has 1 N–H and O–H groups in total. The fraction of sp³-hybridized carbons (Fsp3) is 0.900. The van der Waals surface area contributed by atoms with Gasteiger partial charge in [-0.05, 0) is 20.8 Å². The van der Waals surface area contributed by atoms with Gasteiger partial charge in [-0.3, -0.25) is 4.79 Å². The molecule has 17 heavy (non-hydrogen) atoms. The molecule has 0 spiro atoms. The third kappa shape index (κ3) is 3.35. The van der Waals surface area contributed by atoms with Crippen LogP contribution in [0.2, 0.25) is 0 Å². The second kappa shape index (κ2) is 5.16. The van der Waals surface area contributed by atoms with E-state index in [0.29, 0.717) is 12.3 Å². The van der Waals surface area contributed by atoms with Crippen LogP contribution in [0, 0.1) is 0 Å². The van der Waals surface area contributed by atoms with Gasteiger partial charge in [-0.2, -0.15) is 16.1 Å². The quantitative estimate of drug-likeness (QED) is 0.835. The molecule has 1 aliphatic heterocycles. The minimum atomic E-state index is -3.44. The Morgan fingerprint density at radius 1 is 1.47 bits per heavy atom. The molecule has 0 radical (unpaired) electrons. The first-order valence-electron chi connectivity index (χ1n) is 5.47. The minimum absolute atomic E-state index is 0.123. The highest BCUT2D eigenvalue weighted by Gasteiger charge is 2.40. The monoisotopic (exact) mass is 281 g/mol. The number of hydrogen-bond donors (Lipinski definition) is 1. The van der Waals surface area contributed by atoms with Crippen molar-refractivity contribution in [2.75, 3.05) is 18.1 Å². The second-order valence-electron chi connectivity index (χ2n) is 5.05. The van der Waals surface area contributed by atoms with Crippen LogP contribution >= 0.6 is 11.8 Å². The Balaban J connectivity index is 2.96. The van der Waals surface area contributed by atoms with Crippen molar-refractivity contribution < 1.29 is 18.3 Å². The molecule has 100 valence electrons. The van der Waals surface area contributed by atoms with Gasteiger partial charge in [0.25, 0.3) is 0 Å². The third-order valence-electron chi connectivity index (χ3n) is 2.67. The molecule has 1 unspecified atom stereocenters. The maximum Gasteiger partial charge on any atom is 0.305 e. The van der Waals surface area contributed by atoms with Gasteiger partial charge in [0.1, 0.15) is 0 Å². The van der Waals surface area contributed by atoms with Gasteiger partial charge < -0.3 is 5.11 Å². The van der Waals surface area contributed by atoms with Gasteiger partial charge in [-0.1, -0.05) is 0 Å². The molecule has 1 aliphatic rings. The van der Waals surface area contributed by atoms with Crippen LogP contribution in [0.15, 0.2) is 0 Å². The first-order valence-corrected chi connectivity index (χ1v) is 8.06. The summed E-state index contributed by atoms with van der Waals surface area (Å²) in [6.07, 6.45) is -0.123. The first kappa shape index (κ1) is 14.8. The van der Waals surface area contributed by atoms with Crippen LogP contribution < -0.4 is 0 Å². The lowest BCUT2D eigenvalue weighted by molar-refractivity contribution is -0.137. The molecule has 1 atom stereocenters. The van der Waals surface area contributed by atoms with Crippen molar-refractivity contribution >= 4 is 27.8 Å². The van der Waals surface area contributed by atoms with Crippen molar-refractivity contribution in [1.29, 1.82) is 0 Å². The van der Waals surface area contributed by atoms with Crippen LogP contribution in [0.25, 0.3) is 0 Å². The number of rotatable bonds is 3. The molecule has 0 amide bonds. The average Bonchev–Trinajstić information content (AvgIpc) is 2.15. The summed E-state index contributed by atoms with van der Waals surface area (Å²) >= 11 is 1.61. The predicted octanol–water partition coefficient (Wildman–Crippen LogP) is 1.01. The van der Waals surface area contributed by atoms with E-state index in [2.05, 4.69) is 0 Å². The average molecular weight is 281 g/mol. The summed E-state index contributed by atoms with van der Waals surface area (Å²) in [5.41, 5.74) is 0. The Kier molecular flexibility index (Phi) is 4.49. The van der Waals surface area contributed by atoms with Crippen LogP contribution in [-0.2, 0) is 14.8 Å². The topological polar surface area (TPSA) is 74.7 Å². The van der Waals surface area contributed by atoms with Crippen LogP contribution in [-0.4, -0.2) is 52.6 Å². The molecule has 5 nitrogen and oxygen atoms in total. The first-order chi connectivity index (χ1) is 7.66. The van der Waals surface area contributed by atoms with Crippen LogP contribution in [0.4, 0.5) is 0 Å². The van der Waals surface area contributed by atoms with Gasteiger partial charge in [-0.15, -0.1) is 0 Å². The number of carboxylic acid groups (broad SMARTS) is 1. The highest BCUT2D eigenvalue weighted by atomic mass is 32.2. The molecule has 1 heterocycles. The summed E-state index contributed by atoms with van der Waals surface area (Å²) in [5, 5.41) is 8.82. The minimum Gasteiger partial charge on any atom is -0.481 e. The van der Waals surface area contributed by atoms with Crippen LogP contribution in [0.3, 0.4) is 0 Å². The lowest BCUT2D eigenvalue weighted by atomic mass is 10.2. The summed E-state index contributed by atoms with van der Waals surface area (Å²) in [4.78, 5) is 10.8.